The van der Waals surface area contributed by atoms with Gasteiger partial charge in [-0.25, -0.2) is 17.5 Å². The van der Waals surface area contributed by atoms with Gasteiger partial charge in [-0.1, -0.05) is 11.3 Å². The van der Waals surface area contributed by atoms with Gasteiger partial charge in [-0.3, -0.25) is 4.79 Å². The van der Waals surface area contributed by atoms with E-state index in [1.807, 2.05) is 0 Å². The molecule has 1 amide bonds. The predicted molar refractivity (Wildman–Crippen MR) is 108 cm³/mol. The zero-order chi connectivity index (χ0) is 21.7. The number of amides is 1. The fourth-order valence-electron chi connectivity index (χ4n) is 2.36. The molecule has 0 unspecified atom stereocenters. The number of carbonyl (C=O) groups excluding carboxylic acids is 1. The van der Waals surface area contributed by atoms with Gasteiger partial charge in [0.2, 0.25) is 15.0 Å². The number of aromatic nitrogens is 2. The number of nitrogens with zero attached hydrogens (tertiary/aromatic N) is 2. The van der Waals surface area contributed by atoms with Crippen molar-refractivity contribution in [3.63, 3.8) is 0 Å². The molecule has 2 N–H and O–H groups in total. The predicted octanol–water partition coefficient (Wildman–Crippen LogP) is 2.43. The highest BCUT2D eigenvalue weighted by Gasteiger charge is 2.19. The van der Waals surface area contributed by atoms with Crippen LogP contribution in [0.3, 0.4) is 0 Å². The van der Waals surface area contributed by atoms with Crippen molar-refractivity contribution in [3.05, 3.63) is 58.3 Å². The number of hydrogen-bond donors (Lipinski definition) is 2. The van der Waals surface area contributed by atoms with E-state index < -0.39 is 21.7 Å². The number of carbonyl (C=O) groups is 1. The van der Waals surface area contributed by atoms with Crippen molar-refractivity contribution in [2.45, 2.75) is 11.4 Å². The van der Waals surface area contributed by atoms with Crippen molar-refractivity contribution < 1.29 is 27.1 Å². The Balaban J connectivity index is 1.65. The van der Waals surface area contributed by atoms with Gasteiger partial charge in [-0.05, 0) is 36.4 Å². The topological polar surface area (TPSA) is 120 Å². The van der Waals surface area contributed by atoms with Crippen LogP contribution in [0.25, 0.3) is 0 Å². The number of sulfonamides is 1. The lowest BCUT2D eigenvalue weighted by molar-refractivity contribution is 0.102. The van der Waals surface area contributed by atoms with Gasteiger partial charge in [-0.15, -0.1) is 10.2 Å². The van der Waals surface area contributed by atoms with E-state index in [9.17, 15) is 17.6 Å². The molecule has 0 aliphatic rings. The molecule has 3 rings (SSSR count). The SMILES string of the molecule is COc1ccc(S(=O)(=O)NCc2nnc(C(=O)Nc3ccc(F)cc3)s2)cc1OC. The molecule has 9 nitrogen and oxygen atoms in total. The van der Waals surface area contributed by atoms with Crippen LogP contribution in [0.4, 0.5) is 10.1 Å². The first-order valence-corrected chi connectivity index (χ1v) is 10.7. The van der Waals surface area contributed by atoms with Crippen LogP contribution in [-0.4, -0.2) is 38.7 Å². The molecule has 0 radical (unpaired) electrons. The van der Waals surface area contributed by atoms with Crippen molar-refractivity contribution >= 4 is 33.0 Å². The molecule has 0 saturated carbocycles. The van der Waals surface area contributed by atoms with Crippen molar-refractivity contribution in [2.75, 3.05) is 19.5 Å². The van der Waals surface area contributed by atoms with E-state index >= 15 is 0 Å². The third-order valence-electron chi connectivity index (χ3n) is 3.84. The monoisotopic (exact) mass is 452 g/mol. The molecule has 0 aliphatic carbocycles. The van der Waals surface area contributed by atoms with Crippen LogP contribution in [0.2, 0.25) is 0 Å². The lowest BCUT2D eigenvalue weighted by Crippen LogP contribution is -2.23. The molecular weight excluding hydrogens is 435 g/mol. The second-order valence-corrected chi connectivity index (χ2v) is 8.63. The Kier molecular flexibility index (Phi) is 6.59. The molecule has 0 saturated heterocycles. The molecule has 0 aliphatic heterocycles. The molecule has 30 heavy (non-hydrogen) atoms. The average molecular weight is 452 g/mol. The minimum atomic E-state index is -3.86. The summed E-state index contributed by atoms with van der Waals surface area (Å²) in [6.07, 6.45) is 0. The van der Waals surface area contributed by atoms with Gasteiger partial charge in [0.25, 0.3) is 5.91 Å². The van der Waals surface area contributed by atoms with E-state index in [-0.39, 0.29) is 22.2 Å². The van der Waals surface area contributed by atoms with Crippen LogP contribution in [0.5, 0.6) is 11.5 Å². The first-order valence-electron chi connectivity index (χ1n) is 8.43. The summed E-state index contributed by atoms with van der Waals surface area (Å²) in [6, 6.07) is 9.44. The fraction of sp³-hybridized carbons (Fsp3) is 0.167. The molecule has 3 aromatic rings. The van der Waals surface area contributed by atoms with E-state index in [4.69, 9.17) is 9.47 Å². The number of anilines is 1. The standard InChI is InChI=1S/C18H17FN4O5S2/c1-27-14-8-7-13(9-15(14)28-2)30(25,26)20-10-16-22-23-18(29-16)17(24)21-12-5-3-11(19)4-6-12/h3-9,20H,10H2,1-2H3,(H,21,24). The van der Waals surface area contributed by atoms with Crippen LogP contribution in [0, 0.1) is 5.82 Å². The zero-order valence-corrected chi connectivity index (χ0v) is 17.5. The number of benzene rings is 2. The third kappa shape index (κ3) is 5.09. The Morgan fingerprint density at radius 1 is 1.07 bits per heavy atom. The molecule has 1 aromatic heterocycles. The minimum Gasteiger partial charge on any atom is -0.493 e. The molecule has 158 valence electrons. The maximum Gasteiger partial charge on any atom is 0.286 e. The van der Waals surface area contributed by atoms with Crippen LogP contribution < -0.4 is 19.5 Å². The summed E-state index contributed by atoms with van der Waals surface area (Å²) in [5.41, 5.74) is 0.396. The highest BCUT2D eigenvalue weighted by molar-refractivity contribution is 7.89. The van der Waals surface area contributed by atoms with Crippen LogP contribution >= 0.6 is 11.3 Å². The summed E-state index contributed by atoms with van der Waals surface area (Å²) in [4.78, 5) is 12.2. The highest BCUT2D eigenvalue weighted by atomic mass is 32.2. The van der Waals surface area contributed by atoms with Crippen LogP contribution in [-0.2, 0) is 16.6 Å². The maximum absolute atomic E-state index is 12.9. The summed E-state index contributed by atoms with van der Waals surface area (Å²) in [6.45, 7) is -0.155. The molecule has 2 aromatic carbocycles. The van der Waals surface area contributed by atoms with Gasteiger partial charge >= 0.3 is 0 Å². The van der Waals surface area contributed by atoms with Crippen molar-refractivity contribution in [1.82, 2.24) is 14.9 Å². The number of hydrogen-bond acceptors (Lipinski definition) is 8. The van der Waals surface area contributed by atoms with E-state index in [2.05, 4.69) is 20.2 Å². The quantitative estimate of drug-likeness (QED) is 0.539. The first kappa shape index (κ1) is 21.6. The Bertz CT molecular complexity index is 1150. The number of ether oxygens (including phenoxy) is 2. The van der Waals surface area contributed by atoms with E-state index in [0.717, 1.165) is 11.3 Å². The van der Waals surface area contributed by atoms with E-state index in [0.29, 0.717) is 16.4 Å². The van der Waals surface area contributed by atoms with Gasteiger partial charge < -0.3 is 14.8 Å². The molecule has 0 fully saturated rings. The Hall–Kier alpha value is -3.09. The summed E-state index contributed by atoms with van der Waals surface area (Å²) in [5, 5.41) is 10.5. The lowest BCUT2D eigenvalue weighted by atomic mass is 10.3. The lowest BCUT2D eigenvalue weighted by Gasteiger charge is -2.10. The van der Waals surface area contributed by atoms with Crippen molar-refractivity contribution in [3.8, 4) is 11.5 Å². The van der Waals surface area contributed by atoms with Crippen molar-refractivity contribution in [2.24, 2.45) is 0 Å². The largest absolute Gasteiger partial charge is 0.493 e. The Labute approximate surface area is 175 Å². The zero-order valence-electron chi connectivity index (χ0n) is 15.9. The summed E-state index contributed by atoms with van der Waals surface area (Å²) < 4.78 is 50.6. The van der Waals surface area contributed by atoms with Gasteiger partial charge in [0.15, 0.2) is 11.5 Å². The number of halogens is 1. The molecule has 12 heteroatoms. The third-order valence-corrected chi connectivity index (χ3v) is 6.16. The van der Waals surface area contributed by atoms with Crippen molar-refractivity contribution in [1.29, 1.82) is 0 Å². The molecule has 1 heterocycles. The van der Waals surface area contributed by atoms with Crippen LogP contribution in [0.1, 0.15) is 14.8 Å². The number of nitrogens with one attached hydrogen (secondary N) is 2. The molecular formula is C18H17FN4O5S2. The first-order chi connectivity index (χ1) is 14.3. The highest BCUT2D eigenvalue weighted by Crippen LogP contribution is 2.29. The normalized spacial score (nSPS) is 11.2. The average Bonchev–Trinajstić information content (AvgIpc) is 3.23. The smallest absolute Gasteiger partial charge is 0.286 e. The number of rotatable bonds is 8. The summed E-state index contributed by atoms with van der Waals surface area (Å²) in [7, 11) is -1.01. The van der Waals surface area contributed by atoms with E-state index in [1.54, 1.807) is 0 Å². The minimum absolute atomic E-state index is 0.0149. The summed E-state index contributed by atoms with van der Waals surface area (Å²) >= 11 is 0.933. The number of methoxy groups -OCH3 is 2. The van der Waals surface area contributed by atoms with Gasteiger partial charge in [0.05, 0.1) is 25.7 Å². The second kappa shape index (κ2) is 9.15. The van der Waals surface area contributed by atoms with Crippen LogP contribution in [0.15, 0.2) is 47.4 Å². The molecule has 0 bridgehead atoms. The molecule has 0 atom stereocenters. The Morgan fingerprint density at radius 3 is 2.43 bits per heavy atom. The fourth-order valence-corrected chi connectivity index (χ4v) is 4.13. The van der Waals surface area contributed by atoms with E-state index in [1.165, 1.54) is 56.7 Å². The summed E-state index contributed by atoms with van der Waals surface area (Å²) in [5.74, 6) is -0.283. The van der Waals surface area contributed by atoms with Gasteiger partial charge in [-0.2, -0.15) is 0 Å². The molecule has 0 spiro atoms. The van der Waals surface area contributed by atoms with Gasteiger partial charge in [0.1, 0.15) is 10.8 Å². The Morgan fingerprint density at radius 2 is 1.77 bits per heavy atom. The maximum atomic E-state index is 12.9. The second-order valence-electron chi connectivity index (χ2n) is 5.80. The van der Waals surface area contributed by atoms with Gasteiger partial charge in [0, 0.05) is 11.8 Å².